The summed E-state index contributed by atoms with van der Waals surface area (Å²) in [5.41, 5.74) is 18.0. The number of nitrogen functional groups attached to an aromatic ring is 2. The number of hydrogen-bond acceptors (Lipinski definition) is 4. The molecule has 0 bridgehead atoms. The number of allylic oxidation sites excluding steroid dienone is 4. The van der Waals surface area contributed by atoms with Crippen LogP contribution < -0.4 is 11.5 Å². The van der Waals surface area contributed by atoms with Gasteiger partial charge in [0, 0.05) is 17.3 Å². The zero-order valence-electron chi connectivity index (χ0n) is 26.3. The van der Waals surface area contributed by atoms with Crippen LogP contribution in [0.5, 0.6) is 0 Å². The summed E-state index contributed by atoms with van der Waals surface area (Å²) in [5, 5.41) is 10.2. The molecule has 3 saturated carbocycles. The Morgan fingerprint density at radius 1 is 0.975 bits per heavy atom. The second-order valence-electron chi connectivity index (χ2n) is 15.5. The van der Waals surface area contributed by atoms with Crippen LogP contribution in [0.15, 0.2) is 41.5 Å². The van der Waals surface area contributed by atoms with Gasteiger partial charge in [0.2, 0.25) is 0 Å². The minimum Gasteiger partial charge on any atom is -0.399 e. The highest BCUT2D eigenvalue weighted by Gasteiger charge is 2.61. The highest BCUT2D eigenvalue weighted by atomic mass is 17.1. The molecule has 0 saturated heterocycles. The SMILES string of the molecule is CC(C)=CCCC(C)C1CCC2C3CC=C4C(C)(C)C(C(OO)c5cc(N)cc(N)c5)CCC4(C)C3CCC12C. The van der Waals surface area contributed by atoms with Gasteiger partial charge in [-0.05, 0) is 141 Å². The van der Waals surface area contributed by atoms with Crippen LogP contribution in [0.3, 0.4) is 0 Å². The van der Waals surface area contributed by atoms with Crippen LogP contribution in [0.25, 0.3) is 0 Å². The van der Waals surface area contributed by atoms with Gasteiger partial charge >= 0.3 is 0 Å². The van der Waals surface area contributed by atoms with E-state index < -0.39 is 6.10 Å². The van der Waals surface area contributed by atoms with Crippen molar-refractivity contribution in [2.45, 2.75) is 112 Å². The number of fused-ring (bicyclic) bond motifs is 5. The maximum Gasteiger partial charge on any atom is 0.121 e. The van der Waals surface area contributed by atoms with Gasteiger partial charge in [-0.15, -0.1) is 0 Å². The minimum absolute atomic E-state index is 0.0941. The molecular weight excluding hydrogens is 492 g/mol. The maximum absolute atomic E-state index is 10.2. The third-order valence-corrected chi connectivity index (χ3v) is 12.8. The van der Waals surface area contributed by atoms with E-state index in [4.69, 9.17) is 16.4 Å². The van der Waals surface area contributed by atoms with Crippen molar-refractivity contribution in [3.63, 3.8) is 0 Å². The van der Waals surface area contributed by atoms with E-state index in [9.17, 15) is 5.26 Å². The molecule has 0 radical (unpaired) electrons. The van der Waals surface area contributed by atoms with Gasteiger partial charge < -0.3 is 11.5 Å². The largest absolute Gasteiger partial charge is 0.399 e. The summed E-state index contributed by atoms with van der Waals surface area (Å²) in [6.45, 7) is 17.0. The van der Waals surface area contributed by atoms with Gasteiger partial charge in [-0.2, -0.15) is 0 Å². The van der Waals surface area contributed by atoms with Gasteiger partial charge in [0.1, 0.15) is 6.10 Å². The first-order valence-corrected chi connectivity index (χ1v) is 16.1. The Morgan fingerprint density at radius 2 is 1.68 bits per heavy atom. The number of anilines is 2. The maximum atomic E-state index is 10.2. The topological polar surface area (TPSA) is 81.5 Å². The van der Waals surface area contributed by atoms with Crippen molar-refractivity contribution in [1.82, 2.24) is 0 Å². The lowest BCUT2D eigenvalue weighted by Crippen LogP contribution is -2.54. The van der Waals surface area contributed by atoms with Crippen LogP contribution in [0.1, 0.15) is 118 Å². The molecule has 40 heavy (non-hydrogen) atoms. The Hall–Kier alpha value is -1.78. The van der Waals surface area contributed by atoms with E-state index in [-0.39, 0.29) is 16.7 Å². The van der Waals surface area contributed by atoms with Gasteiger partial charge in [-0.25, -0.2) is 4.89 Å². The fraction of sp³-hybridized carbons (Fsp3) is 0.722. The van der Waals surface area contributed by atoms with E-state index in [1.165, 1.54) is 50.5 Å². The van der Waals surface area contributed by atoms with Gasteiger partial charge in [0.15, 0.2) is 0 Å². The Balaban J connectivity index is 1.39. The van der Waals surface area contributed by atoms with Crippen LogP contribution in [-0.2, 0) is 4.89 Å². The normalized spacial score (nSPS) is 37.9. The molecule has 0 spiro atoms. The van der Waals surface area contributed by atoms with Gasteiger partial charge in [0.25, 0.3) is 0 Å². The van der Waals surface area contributed by atoms with Crippen molar-refractivity contribution in [1.29, 1.82) is 0 Å². The molecule has 0 amide bonds. The zero-order valence-corrected chi connectivity index (χ0v) is 26.3. The number of rotatable bonds is 7. The van der Waals surface area contributed by atoms with E-state index in [1.807, 2.05) is 12.1 Å². The van der Waals surface area contributed by atoms with Crippen LogP contribution >= 0.6 is 0 Å². The summed E-state index contributed by atoms with van der Waals surface area (Å²) in [6.07, 6.45) is 16.2. The third-order valence-electron chi connectivity index (χ3n) is 12.8. The van der Waals surface area contributed by atoms with Crippen LogP contribution in [0.2, 0.25) is 0 Å². The molecule has 0 aromatic heterocycles. The number of hydrogen-bond donors (Lipinski definition) is 3. The summed E-state index contributed by atoms with van der Waals surface area (Å²) in [7, 11) is 0. The molecule has 222 valence electrons. The molecule has 0 heterocycles. The molecule has 1 aromatic carbocycles. The van der Waals surface area contributed by atoms with E-state index in [1.54, 1.807) is 11.6 Å². The van der Waals surface area contributed by atoms with Crippen molar-refractivity contribution in [3.05, 3.63) is 47.1 Å². The van der Waals surface area contributed by atoms with Crippen molar-refractivity contribution in [2.75, 3.05) is 11.5 Å². The molecule has 5 N–H and O–H groups in total. The quantitative estimate of drug-likeness (QED) is 0.137. The average molecular weight is 549 g/mol. The average Bonchev–Trinajstić information content (AvgIpc) is 3.22. The zero-order chi connectivity index (χ0) is 29.0. The van der Waals surface area contributed by atoms with Crippen LogP contribution in [0.4, 0.5) is 11.4 Å². The molecule has 4 aliphatic carbocycles. The van der Waals surface area contributed by atoms with Crippen molar-refractivity contribution < 1.29 is 10.1 Å². The monoisotopic (exact) mass is 548 g/mol. The smallest absolute Gasteiger partial charge is 0.121 e. The second kappa shape index (κ2) is 10.8. The van der Waals surface area contributed by atoms with E-state index in [0.29, 0.717) is 16.8 Å². The van der Waals surface area contributed by atoms with E-state index in [2.05, 4.69) is 60.6 Å². The summed E-state index contributed by atoms with van der Waals surface area (Å²) in [6, 6.07) is 5.58. The Bertz CT molecular complexity index is 1130. The molecule has 9 atom stereocenters. The molecule has 0 aliphatic heterocycles. The summed E-state index contributed by atoms with van der Waals surface area (Å²) < 4.78 is 0. The number of benzene rings is 1. The predicted octanol–water partition coefficient (Wildman–Crippen LogP) is 9.60. The molecule has 5 rings (SSSR count). The fourth-order valence-corrected chi connectivity index (χ4v) is 11.0. The molecular formula is C36H56N2O2. The summed E-state index contributed by atoms with van der Waals surface area (Å²) in [4.78, 5) is 5.24. The Kier molecular flexibility index (Phi) is 8.02. The Morgan fingerprint density at radius 3 is 2.33 bits per heavy atom. The first-order valence-electron chi connectivity index (χ1n) is 16.1. The molecule has 9 unspecified atom stereocenters. The van der Waals surface area contributed by atoms with Gasteiger partial charge in [-0.1, -0.05) is 57.9 Å². The number of nitrogens with two attached hydrogens (primary N) is 2. The van der Waals surface area contributed by atoms with E-state index in [0.717, 1.165) is 48.0 Å². The van der Waals surface area contributed by atoms with Gasteiger partial charge in [-0.3, -0.25) is 5.26 Å². The molecule has 3 fully saturated rings. The van der Waals surface area contributed by atoms with Crippen LogP contribution in [0, 0.1) is 51.8 Å². The lowest BCUT2D eigenvalue weighted by atomic mass is 9.43. The Labute approximate surface area is 243 Å². The highest BCUT2D eigenvalue weighted by Crippen LogP contribution is 2.70. The van der Waals surface area contributed by atoms with Crippen molar-refractivity contribution >= 4 is 11.4 Å². The standard InChI is InChI=1S/C36H56N2O2/c1-22(2)9-8-10-23(3)28-12-13-29-27-11-14-32-34(4,5)31(33(40-39)24-19-25(37)21-26(38)20-24)16-18-36(32,7)30(27)15-17-35(28,29)6/h9,14,19-21,23,27-31,33,39H,8,10-13,15-18,37-38H2,1-7H3. The first-order chi connectivity index (χ1) is 18.8. The summed E-state index contributed by atoms with van der Waals surface area (Å²) >= 11 is 0. The first kappa shape index (κ1) is 29.7. The lowest BCUT2D eigenvalue weighted by molar-refractivity contribution is -0.303. The van der Waals surface area contributed by atoms with Gasteiger partial charge in [0.05, 0.1) is 0 Å². The van der Waals surface area contributed by atoms with Crippen molar-refractivity contribution in [3.8, 4) is 0 Å². The summed E-state index contributed by atoms with van der Waals surface area (Å²) in [5.74, 6) is 4.22. The van der Waals surface area contributed by atoms with Crippen LogP contribution in [-0.4, -0.2) is 5.26 Å². The molecule has 4 aliphatic rings. The highest BCUT2D eigenvalue weighted by molar-refractivity contribution is 5.55. The minimum atomic E-state index is -0.443. The fourth-order valence-electron chi connectivity index (χ4n) is 11.0. The second-order valence-corrected chi connectivity index (χ2v) is 15.5. The lowest BCUT2D eigenvalue weighted by Gasteiger charge is -2.62. The third kappa shape index (κ3) is 4.85. The molecule has 4 heteroatoms. The predicted molar refractivity (Wildman–Crippen MR) is 167 cm³/mol. The molecule has 1 aromatic rings. The molecule has 4 nitrogen and oxygen atoms in total. The van der Waals surface area contributed by atoms with E-state index >= 15 is 0 Å². The van der Waals surface area contributed by atoms with Crippen molar-refractivity contribution in [2.24, 2.45) is 51.8 Å².